The van der Waals surface area contributed by atoms with E-state index in [0.717, 1.165) is 53.9 Å². The highest BCUT2D eigenvalue weighted by atomic mass is 35.5. The molecule has 164 valence electrons. The average molecular weight is 460 g/mol. The lowest BCUT2D eigenvalue weighted by molar-refractivity contribution is 0.0767. The number of carbonyl (C=O) groups is 1. The third kappa shape index (κ3) is 3.82. The van der Waals surface area contributed by atoms with E-state index in [4.69, 9.17) is 11.6 Å². The lowest BCUT2D eigenvalue weighted by atomic mass is 9.66. The molecule has 1 amide bonds. The summed E-state index contributed by atoms with van der Waals surface area (Å²) in [6.07, 6.45) is 6.09. The van der Waals surface area contributed by atoms with Crippen molar-refractivity contribution in [2.45, 2.75) is 44.4 Å². The monoisotopic (exact) mass is 459 g/mol. The van der Waals surface area contributed by atoms with Crippen LogP contribution in [-0.2, 0) is 9.84 Å². The quantitative estimate of drug-likeness (QED) is 0.735. The van der Waals surface area contributed by atoms with Gasteiger partial charge in [0.15, 0.2) is 9.84 Å². The predicted octanol–water partition coefficient (Wildman–Crippen LogP) is 4.41. The molecule has 2 fully saturated rings. The van der Waals surface area contributed by atoms with Gasteiger partial charge >= 0.3 is 0 Å². The van der Waals surface area contributed by atoms with E-state index in [0.29, 0.717) is 22.4 Å². The van der Waals surface area contributed by atoms with E-state index in [9.17, 15) is 13.2 Å². The number of amides is 1. The van der Waals surface area contributed by atoms with Crippen LogP contribution in [0.3, 0.4) is 0 Å². The van der Waals surface area contributed by atoms with Gasteiger partial charge < -0.3 is 10.2 Å². The molecule has 8 heteroatoms. The van der Waals surface area contributed by atoms with Crippen molar-refractivity contribution in [3.8, 4) is 0 Å². The van der Waals surface area contributed by atoms with Gasteiger partial charge in [0, 0.05) is 35.6 Å². The summed E-state index contributed by atoms with van der Waals surface area (Å²) < 4.78 is 23.6. The normalized spacial score (nSPS) is 24.0. The smallest absolute Gasteiger partial charge is 0.255 e. The molecule has 6 nitrogen and oxygen atoms in total. The minimum Gasteiger partial charge on any atom is -0.340 e. The number of sulfone groups is 1. The van der Waals surface area contributed by atoms with Crippen LogP contribution in [0.5, 0.6) is 0 Å². The van der Waals surface area contributed by atoms with E-state index in [1.807, 2.05) is 25.1 Å². The Morgan fingerprint density at radius 1 is 1.10 bits per heavy atom. The van der Waals surface area contributed by atoms with Crippen molar-refractivity contribution in [3.05, 3.63) is 51.7 Å². The van der Waals surface area contributed by atoms with E-state index >= 15 is 0 Å². The molecule has 6 rings (SSSR count). The molecule has 2 aromatic rings. The van der Waals surface area contributed by atoms with Gasteiger partial charge in [-0.25, -0.2) is 13.4 Å². The molecular weight excluding hydrogens is 434 g/mol. The highest BCUT2D eigenvalue weighted by molar-refractivity contribution is 7.91. The zero-order chi connectivity index (χ0) is 21.8. The van der Waals surface area contributed by atoms with E-state index in [1.54, 1.807) is 11.1 Å². The Hall–Kier alpha value is -2.12. The van der Waals surface area contributed by atoms with Gasteiger partial charge in [-0.05, 0) is 67.7 Å². The zero-order valence-electron chi connectivity index (χ0n) is 17.5. The Bertz CT molecular complexity index is 1140. The molecule has 31 heavy (non-hydrogen) atoms. The van der Waals surface area contributed by atoms with Gasteiger partial charge in [-0.2, -0.15) is 0 Å². The minimum atomic E-state index is -3.04. The van der Waals surface area contributed by atoms with Crippen molar-refractivity contribution in [3.63, 3.8) is 0 Å². The Morgan fingerprint density at radius 3 is 2.39 bits per heavy atom. The van der Waals surface area contributed by atoms with Crippen LogP contribution in [0.2, 0.25) is 5.02 Å². The number of nitrogens with one attached hydrogen (secondary N) is 1. The number of halogens is 1. The molecule has 0 atom stereocenters. The van der Waals surface area contributed by atoms with E-state index < -0.39 is 9.84 Å². The van der Waals surface area contributed by atoms with Gasteiger partial charge in [0.05, 0.1) is 17.1 Å². The average Bonchev–Trinajstić information content (AvgIpc) is 2.77. The fourth-order valence-electron chi connectivity index (χ4n) is 5.23. The Kier molecular flexibility index (Phi) is 5.21. The number of aromatic nitrogens is 1. The highest BCUT2D eigenvalue weighted by Gasteiger charge is 2.39. The first kappa shape index (κ1) is 20.8. The lowest BCUT2D eigenvalue weighted by Crippen LogP contribution is -2.44. The second kappa shape index (κ2) is 7.78. The third-order valence-electron chi connectivity index (χ3n) is 7.00. The number of anilines is 2. The van der Waals surface area contributed by atoms with Crippen LogP contribution >= 0.6 is 11.6 Å². The van der Waals surface area contributed by atoms with Crippen LogP contribution in [0.1, 0.15) is 64.6 Å². The van der Waals surface area contributed by atoms with E-state index in [1.165, 1.54) is 0 Å². The van der Waals surface area contributed by atoms with Gasteiger partial charge in [0.1, 0.15) is 5.82 Å². The predicted molar refractivity (Wildman–Crippen MR) is 122 cm³/mol. The SMILES string of the molecule is Cc1ccc(Nc2ncc(C(=O)N3CCS(=O)(=O)CC3)c3c2C2CCC3CC2)cc1Cl. The fourth-order valence-corrected chi connectivity index (χ4v) is 6.61. The first-order valence-electron chi connectivity index (χ1n) is 10.9. The number of rotatable bonds is 3. The number of fused-ring (bicyclic) bond motifs is 2. The summed E-state index contributed by atoms with van der Waals surface area (Å²) in [5.74, 6) is 1.55. The standard InChI is InChI=1S/C23H26ClN3O3S/c1-14-2-7-17(12-19(14)24)26-22-21-16-5-3-15(4-6-16)20(21)18(13-25-22)23(28)27-8-10-31(29,30)11-9-27/h2,7,12-13,15-16H,3-6,8-11H2,1H3,(H,25,26). The second-order valence-electron chi connectivity index (χ2n) is 8.93. The van der Waals surface area contributed by atoms with E-state index in [2.05, 4.69) is 10.3 Å². The molecule has 2 heterocycles. The van der Waals surface area contributed by atoms with Crippen LogP contribution in [0.15, 0.2) is 24.4 Å². The summed E-state index contributed by atoms with van der Waals surface area (Å²) in [7, 11) is -3.04. The van der Waals surface area contributed by atoms with Crippen molar-refractivity contribution in [1.82, 2.24) is 9.88 Å². The van der Waals surface area contributed by atoms with Crippen LogP contribution in [0.25, 0.3) is 0 Å². The maximum absolute atomic E-state index is 13.4. The number of nitrogens with zero attached hydrogens (tertiary/aromatic N) is 2. The summed E-state index contributed by atoms with van der Waals surface area (Å²) >= 11 is 6.31. The third-order valence-corrected chi connectivity index (χ3v) is 9.01. The van der Waals surface area contributed by atoms with Crippen molar-refractivity contribution in [1.29, 1.82) is 0 Å². The molecule has 1 aliphatic heterocycles. The maximum atomic E-state index is 13.4. The summed E-state index contributed by atoms with van der Waals surface area (Å²) in [4.78, 5) is 19.7. The Labute approximate surface area is 187 Å². The van der Waals surface area contributed by atoms with Crippen LogP contribution in [0, 0.1) is 6.92 Å². The Morgan fingerprint density at radius 2 is 1.74 bits per heavy atom. The van der Waals surface area contributed by atoms with E-state index in [-0.39, 0.29) is 30.5 Å². The number of pyridine rings is 1. The first-order chi connectivity index (χ1) is 14.8. The second-order valence-corrected chi connectivity index (χ2v) is 11.6. The van der Waals surface area contributed by atoms with Crippen LogP contribution in [0.4, 0.5) is 11.5 Å². The number of hydrogen-bond acceptors (Lipinski definition) is 5. The molecule has 4 aliphatic rings. The first-order valence-corrected chi connectivity index (χ1v) is 13.1. The van der Waals surface area contributed by atoms with Crippen LogP contribution < -0.4 is 5.32 Å². The lowest BCUT2D eigenvalue weighted by Gasteiger charge is -2.40. The fraction of sp³-hybridized carbons (Fsp3) is 0.478. The molecule has 0 unspecified atom stereocenters. The number of aryl methyl sites for hydroxylation is 1. The number of hydrogen-bond donors (Lipinski definition) is 1. The summed E-state index contributed by atoms with van der Waals surface area (Å²) in [5, 5.41) is 4.14. The minimum absolute atomic E-state index is 0.0359. The maximum Gasteiger partial charge on any atom is 0.255 e. The molecule has 0 radical (unpaired) electrons. The highest BCUT2D eigenvalue weighted by Crippen LogP contribution is 2.52. The Balaban J connectivity index is 1.52. The summed E-state index contributed by atoms with van der Waals surface area (Å²) in [6.45, 7) is 2.48. The molecule has 3 aliphatic carbocycles. The molecule has 0 spiro atoms. The molecule has 1 N–H and O–H groups in total. The van der Waals surface area contributed by atoms with Gasteiger partial charge in [0.25, 0.3) is 5.91 Å². The van der Waals surface area contributed by atoms with Crippen molar-refractivity contribution in [2.24, 2.45) is 0 Å². The molecule has 1 saturated carbocycles. The van der Waals surface area contributed by atoms with Gasteiger partial charge in [-0.1, -0.05) is 17.7 Å². The van der Waals surface area contributed by atoms with Gasteiger partial charge in [-0.15, -0.1) is 0 Å². The van der Waals surface area contributed by atoms with Crippen molar-refractivity contribution >= 4 is 38.9 Å². The molecular formula is C23H26ClN3O3S. The summed E-state index contributed by atoms with van der Waals surface area (Å²) in [6, 6.07) is 5.87. The molecule has 1 aromatic carbocycles. The number of benzene rings is 1. The molecule has 2 bridgehead atoms. The van der Waals surface area contributed by atoms with Gasteiger partial charge in [-0.3, -0.25) is 4.79 Å². The van der Waals surface area contributed by atoms with Crippen LogP contribution in [-0.4, -0.2) is 48.8 Å². The molecule has 1 aromatic heterocycles. The molecule has 1 saturated heterocycles. The largest absolute Gasteiger partial charge is 0.340 e. The number of carbonyl (C=O) groups excluding carboxylic acids is 1. The van der Waals surface area contributed by atoms with Crippen molar-refractivity contribution < 1.29 is 13.2 Å². The summed E-state index contributed by atoms with van der Waals surface area (Å²) in [5.41, 5.74) is 4.83. The van der Waals surface area contributed by atoms with Gasteiger partial charge in [0.2, 0.25) is 0 Å². The zero-order valence-corrected chi connectivity index (χ0v) is 19.1. The van der Waals surface area contributed by atoms with Crippen molar-refractivity contribution in [2.75, 3.05) is 29.9 Å². The topological polar surface area (TPSA) is 79.4 Å².